The van der Waals surface area contributed by atoms with Crippen LogP contribution in [-0.4, -0.2) is 23.8 Å². The summed E-state index contributed by atoms with van der Waals surface area (Å²) >= 11 is 0. The van der Waals surface area contributed by atoms with Gasteiger partial charge in [-0.25, -0.2) is 0 Å². The van der Waals surface area contributed by atoms with E-state index in [1.165, 1.54) is 25.7 Å². The molecule has 1 saturated carbocycles. The first-order valence-corrected chi connectivity index (χ1v) is 8.51. The third kappa shape index (κ3) is 3.97. The second-order valence-corrected chi connectivity index (χ2v) is 6.86. The number of carboxylic acids is 1. The number of rotatable bonds is 6. The van der Waals surface area contributed by atoms with Gasteiger partial charge >= 0.3 is 5.97 Å². The number of unbranched alkanes of at least 4 members (excludes halogenated alkanes) is 1. The van der Waals surface area contributed by atoms with Crippen molar-refractivity contribution in [3.05, 3.63) is 0 Å². The van der Waals surface area contributed by atoms with Gasteiger partial charge in [-0.2, -0.15) is 0 Å². The molecule has 2 aliphatic rings. The van der Waals surface area contributed by atoms with Gasteiger partial charge in [0.25, 0.3) is 0 Å². The van der Waals surface area contributed by atoms with Crippen LogP contribution in [0, 0.1) is 11.3 Å². The van der Waals surface area contributed by atoms with Crippen molar-refractivity contribution < 1.29 is 14.6 Å². The molecule has 3 nitrogen and oxygen atoms in total. The Kier molecular flexibility index (Phi) is 5.88. The molecule has 1 heterocycles. The quantitative estimate of drug-likeness (QED) is 0.785. The van der Waals surface area contributed by atoms with E-state index in [1.54, 1.807) is 0 Å². The van der Waals surface area contributed by atoms with E-state index in [1.807, 2.05) is 0 Å². The normalized spacial score (nSPS) is 34.9. The summed E-state index contributed by atoms with van der Waals surface area (Å²) in [5.74, 6) is 0.176. The van der Waals surface area contributed by atoms with E-state index in [4.69, 9.17) is 4.74 Å². The van der Waals surface area contributed by atoms with E-state index in [0.717, 1.165) is 57.5 Å². The molecule has 1 N–H and O–H groups in total. The first-order chi connectivity index (χ1) is 9.66. The molecule has 3 heteroatoms. The van der Waals surface area contributed by atoms with Crippen molar-refractivity contribution in [3.63, 3.8) is 0 Å². The zero-order valence-corrected chi connectivity index (χ0v) is 12.9. The van der Waals surface area contributed by atoms with Gasteiger partial charge in [0.05, 0.1) is 11.5 Å². The number of carbonyl (C=O) groups is 1. The van der Waals surface area contributed by atoms with Gasteiger partial charge in [-0.05, 0) is 57.3 Å². The molecule has 1 aliphatic heterocycles. The van der Waals surface area contributed by atoms with Gasteiger partial charge in [0.1, 0.15) is 0 Å². The molecule has 0 aromatic heterocycles. The van der Waals surface area contributed by atoms with E-state index < -0.39 is 11.4 Å². The van der Waals surface area contributed by atoms with Crippen molar-refractivity contribution in [1.29, 1.82) is 0 Å². The van der Waals surface area contributed by atoms with Crippen LogP contribution in [0.1, 0.15) is 77.6 Å². The number of aliphatic carboxylic acids is 1. The van der Waals surface area contributed by atoms with Crippen LogP contribution in [0.2, 0.25) is 0 Å². The minimum Gasteiger partial charge on any atom is -0.481 e. The molecule has 2 fully saturated rings. The van der Waals surface area contributed by atoms with Gasteiger partial charge < -0.3 is 9.84 Å². The Morgan fingerprint density at radius 2 is 2.00 bits per heavy atom. The molecule has 0 aromatic rings. The van der Waals surface area contributed by atoms with Crippen LogP contribution in [-0.2, 0) is 9.53 Å². The Morgan fingerprint density at radius 3 is 2.55 bits per heavy atom. The number of ether oxygens (including phenoxy) is 1. The highest BCUT2D eigenvalue weighted by atomic mass is 16.5. The van der Waals surface area contributed by atoms with Crippen LogP contribution in [0.25, 0.3) is 0 Å². The Morgan fingerprint density at radius 1 is 1.25 bits per heavy atom. The van der Waals surface area contributed by atoms with Crippen LogP contribution < -0.4 is 0 Å². The highest BCUT2D eigenvalue weighted by molar-refractivity contribution is 5.74. The summed E-state index contributed by atoms with van der Waals surface area (Å²) in [5.41, 5.74) is -0.495. The molecule has 0 spiro atoms. The minimum absolute atomic E-state index is 0.187. The van der Waals surface area contributed by atoms with E-state index in [2.05, 4.69) is 6.92 Å². The maximum Gasteiger partial charge on any atom is 0.309 e. The summed E-state index contributed by atoms with van der Waals surface area (Å²) in [6.07, 6.45) is 12.0. The lowest BCUT2D eigenvalue weighted by molar-refractivity contribution is -0.155. The van der Waals surface area contributed by atoms with E-state index in [9.17, 15) is 9.90 Å². The molecule has 0 radical (unpaired) electrons. The minimum atomic E-state index is -0.583. The molecule has 1 saturated heterocycles. The molecular weight excluding hydrogens is 252 g/mol. The summed E-state index contributed by atoms with van der Waals surface area (Å²) < 4.78 is 5.78. The molecule has 1 unspecified atom stereocenters. The maximum atomic E-state index is 11.8. The van der Waals surface area contributed by atoms with Crippen LogP contribution in [0.4, 0.5) is 0 Å². The molecule has 1 atom stereocenters. The van der Waals surface area contributed by atoms with Crippen molar-refractivity contribution in [2.24, 2.45) is 11.3 Å². The molecule has 0 amide bonds. The van der Waals surface area contributed by atoms with Gasteiger partial charge in [0.2, 0.25) is 0 Å². The molecule has 1 aliphatic carbocycles. The van der Waals surface area contributed by atoms with Crippen molar-refractivity contribution in [3.8, 4) is 0 Å². The van der Waals surface area contributed by atoms with Crippen LogP contribution in [0.15, 0.2) is 0 Å². The Hall–Kier alpha value is -0.570. The van der Waals surface area contributed by atoms with Crippen molar-refractivity contribution >= 4 is 5.97 Å². The third-order valence-corrected chi connectivity index (χ3v) is 5.37. The fourth-order valence-electron chi connectivity index (χ4n) is 3.92. The fraction of sp³-hybridized carbons (Fsp3) is 0.941. The number of hydrogen-bond donors (Lipinski definition) is 1. The standard InChI is InChI=1S/C17H30O3/c1-2-3-6-14-8-10-17(11-9-14,16(18)19)13-15-7-4-5-12-20-15/h14-15H,2-13H2,1H3,(H,18,19). The smallest absolute Gasteiger partial charge is 0.309 e. The average Bonchev–Trinajstić information content (AvgIpc) is 2.47. The first kappa shape index (κ1) is 15.8. The molecule has 0 bridgehead atoms. The van der Waals surface area contributed by atoms with Crippen molar-refractivity contribution in [1.82, 2.24) is 0 Å². The average molecular weight is 282 g/mol. The van der Waals surface area contributed by atoms with Gasteiger partial charge in [-0.1, -0.05) is 26.2 Å². The summed E-state index contributed by atoms with van der Waals surface area (Å²) in [7, 11) is 0. The zero-order valence-electron chi connectivity index (χ0n) is 12.9. The van der Waals surface area contributed by atoms with Gasteiger partial charge in [-0.15, -0.1) is 0 Å². The summed E-state index contributed by atoms with van der Waals surface area (Å²) in [4.78, 5) is 11.8. The lowest BCUT2D eigenvalue weighted by Crippen LogP contribution is -2.39. The van der Waals surface area contributed by atoms with Crippen LogP contribution >= 0.6 is 0 Å². The summed E-state index contributed by atoms with van der Waals surface area (Å²) in [6.45, 7) is 3.05. The van der Waals surface area contributed by atoms with Crippen molar-refractivity contribution in [2.45, 2.75) is 83.7 Å². The number of carboxylic acid groups (broad SMARTS) is 1. The van der Waals surface area contributed by atoms with Gasteiger partial charge in [-0.3, -0.25) is 4.79 Å². The van der Waals surface area contributed by atoms with Gasteiger partial charge in [0, 0.05) is 6.61 Å². The Bertz CT molecular complexity index is 299. The molecule has 2 rings (SSSR count). The molecule has 20 heavy (non-hydrogen) atoms. The topological polar surface area (TPSA) is 46.5 Å². The Balaban J connectivity index is 1.89. The van der Waals surface area contributed by atoms with E-state index >= 15 is 0 Å². The lowest BCUT2D eigenvalue weighted by atomic mass is 9.66. The SMILES string of the molecule is CCCCC1CCC(CC2CCCCO2)(C(=O)O)CC1. The number of hydrogen-bond acceptors (Lipinski definition) is 2. The molecular formula is C17H30O3. The maximum absolute atomic E-state index is 11.8. The largest absolute Gasteiger partial charge is 0.481 e. The van der Waals surface area contributed by atoms with Crippen LogP contribution in [0.5, 0.6) is 0 Å². The highest BCUT2D eigenvalue weighted by Gasteiger charge is 2.43. The predicted octanol–water partition coefficient (Wildman–Crippen LogP) is 4.40. The molecule has 116 valence electrons. The van der Waals surface area contributed by atoms with Crippen LogP contribution in [0.3, 0.4) is 0 Å². The lowest BCUT2D eigenvalue weighted by Gasteiger charge is -2.39. The highest BCUT2D eigenvalue weighted by Crippen LogP contribution is 2.45. The second-order valence-electron chi connectivity index (χ2n) is 6.86. The Labute approximate surface area is 123 Å². The summed E-state index contributed by atoms with van der Waals surface area (Å²) in [5, 5.41) is 9.73. The fourth-order valence-corrected chi connectivity index (χ4v) is 3.92. The zero-order chi connectivity index (χ0) is 14.4. The monoisotopic (exact) mass is 282 g/mol. The van der Waals surface area contributed by atoms with Gasteiger partial charge in [0.15, 0.2) is 0 Å². The van der Waals surface area contributed by atoms with Crippen molar-refractivity contribution in [2.75, 3.05) is 6.61 Å². The predicted molar refractivity (Wildman–Crippen MR) is 79.8 cm³/mol. The second kappa shape index (κ2) is 7.44. The first-order valence-electron chi connectivity index (χ1n) is 8.51. The van der Waals surface area contributed by atoms with E-state index in [-0.39, 0.29) is 6.10 Å². The molecule has 0 aromatic carbocycles. The summed E-state index contributed by atoms with van der Waals surface area (Å²) in [6, 6.07) is 0. The van der Waals surface area contributed by atoms with E-state index in [0.29, 0.717) is 0 Å². The third-order valence-electron chi connectivity index (χ3n) is 5.37.